The molecule has 4 aromatic rings. The molecule has 1 aromatic carbocycles. The topological polar surface area (TPSA) is 131 Å². The first-order valence-electron chi connectivity index (χ1n) is 11.2. The van der Waals surface area contributed by atoms with Crippen LogP contribution in [0.4, 0.5) is 13.2 Å². The van der Waals surface area contributed by atoms with Crippen molar-refractivity contribution in [2.75, 3.05) is 6.61 Å². The molecule has 0 bridgehead atoms. The average molecular weight is 660 g/mol. The van der Waals surface area contributed by atoms with Crippen LogP contribution in [0.25, 0.3) is 16.8 Å². The van der Waals surface area contributed by atoms with Crippen LogP contribution >= 0.6 is 31.9 Å². The Bertz CT molecular complexity index is 1480. The molecule has 1 aliphatic heterocycles. The maximum atomic E-state index is 13.8. The lowest BCUT2D eigenvalue weighted by molar-refractivity contribution is -0.210. The number of pyridine rings is 1. The zero-order chi connectivity index (χ0) is 27.3. The van der Waals surface area contributed by atoms with Gasteiger partial charge in [-0.05, 0) is 62.5 Å². The molecule has 3 N–H and O–H groups in total. The summed E-state index contributed by atoms with van der Waals surface area (Å²) in [5, 5.41) is 40.9. The van der Waals surface area contributed by atoms with Gasteiger partial charge in [0.15, 0.2) is 23.3 Å². The van der Waals surface area contributed by atoms with E-state index in [0.29, 0.717) is 20.6 Å². The van der Waals surface area contributed by atoms with Gasteiger partial charge in [-0.25, -0.2) is 27.8 Å². The van der Waals surface area contributed by atoms with Crippen LogP contribution in [0.15, 0.2) is 45.9 Å². The molecule has 0 aliphatic carbocycles. The summed E-state index contributed by atoms with van der Waals surface area (Å²) in [4.78, 5) is 8.66. The number of hydrogen-bond donors (Lipinski definition) is 3. The summed E-state index contributed by atoms with van der Waals surface area (Å²) in [6.07, 6.45) is -1.09. The lowest BCUT2D eigenvalue weighted by Gasteiger charge is -2.41. The quantitative estimate of drug-likeness (QED) is 0.220. The van der Waals surface area contributed by atoms with E-state index in [9.17, 15) is 28.5 Å². The van der Waals surface area contributed by atoms with Gasteiger partial charge in [0.25, 0.3) is 0 Å². The first-order chi connectivity index (χ1) is 18.1. The number of aliphatic hydroxyl groups excluding tert-OH is 3. The van der Waals surface area contributed by atoms with E-state index in [2.05, 4.69) is 52.0 Å². The normalized spacial score (nSPS) is 23.7. The fraction of sp³-hybridized carbons (Fsp3) is 0.304. The molecular weight excluding hydrogens is 641 g/mol. The summed E-state index contributed by atoms with van der Waals surface area (Å²) in [5.74, 6) is -3.82. The van der Waals surface area contributed by atoms with Crippen LogP contribution in [-0.2, 0) is 4.74 Å². The van der Waals surface area contributed by atoms with E-state index in [0.717, 1.165) is 12.1 Å². The highest BCUT2D eigenvalue weighted by molar-refractivity contribution is 9.11. The van der Waals surface area contributed by atoms with Gasteiger partial charge in [0.05, 0.1) is 12.8 Å². The molecule has 5 atom stereocenters. The van der Waals surface area contributed by atoms with Crippen molar-refractivity contribution in [3.05, 3.63) is 75.0 Å². The number of rotatable bonds is 5. The Morgan fingerprint density at radius 1 is 1.03 bits per heavy atom. The predicted octanol–water partition coefficient (Wildman–Crippen LogP) is 3.17. The van der Waals surface area contributed by atoms with E-state index in [1.807, 2.05) is 0 Å². The number of aliphatic hydroxyl groups is 3. The zero-order valence-electron chi connectivity index (χ0n) is 19.4. The monoisotopic (exact) mass is 658 g/mol. The van der Waals surface area contributed by atoms with Gasteiger partial charge in [-0.2, -0.15) is 10.2 Å². The molecule has 0 radical (unpaired) electrons. The predicted molar refractivity (Wildman–Crippen MR) is 133 cm³/mol. The summed E-state index contributed by atoms with van der Waals surface area (Å²) < 4.78 is 50.6. The highest BCUT2D eigenvalue weighted by atomic mass is 79.9. The van der Waals surface area contributed by atoms with Crippen LogP contribution in [0.1, 0.15) is 23.8 Å². The van der Waals surface area contributed by atoms with Crippen molar-refractivity contribution in [1.82, 2.24) is 29.5 Å². The van der Waals surface area contributed by atoms with Crippen molar-refractivity contribution >= 4 is 31.9 Å². The molecule has 0 amide bonds. The molecule has 4 heterocycles. The van der Waals surface area contributed by atoms with Gasteiger partial charge in [-0.1, -0.05) is 0 Å². The number of aryl methyl sites for hydroxylation is 1. The second-order valence-electron chi connectivity index (χ2n) is 8.60. The van der Waals surface area contributed by atoms with Crippen LogP contribution in [0.5, 0.6) is 0 Å². The standard InChI is InChI=1S/C23H19Br2F3N6O4/c1-9-31-23(34(32-9)15-4-12(24)6-29-22(15)25)21-20(37)18(19(36)16(8-35)38-21)33-7-11(5-30-33)10-2-13(26)17(28)14(27)3-10/h2-7,16,18-21,35-37H,8H2,1H3/t16?,18-,19-,20?,21+/m0/s1. The lowest BCUT2D eigenvalue weighted by atomic mass is 9.92. The Hall–Kier alpha value is -2.69. The van der Waals surface area contributed by atoms with E-state index < -0.39 is 54.5 Å². The minimum absolute atomic E-state index is 0.00122. The van der Waals surface area contributed by atoms with Gasteiger partial charge in [-0.15, -0.1) is 0 Å². The molecule has 15 heteroatoms. The number of hydrogen-bond acceptors (Lipinski definition) is 8. The molecule has 38 heavy (non-hydrogen) atoms. The highest BCUT2D eigenvalue weighted by Gasteiger charge is 2.48. The Balaban J connectivity index is 1.55. The van der Waals surface area contributed by atoms with Crippen LogP contribution < -0.4 is 0 Å². The third kappa shape index (κ3) is 4.78. The average Bonchev–Trinajstić information content (AvgIpc) is 3.51. The number of halogens is 5. The molecule has 200 valence electrons. The van der Waals surface area contributed by atoms with Gasteiger partial charge in [-0.3, -0.25) is 4.68 Å². The van der Waals surface area contributed by atoms with Gasteiger partial charge in [0.1, 0.15) is 46.6 Å². The van der Waals surface area contributed by atoms with E-state index in [1.165, 1.54) is 21.8 Å². The lowest BCUT2D eigenvalue weighted by Crippen LogP contribution is -2.53. The summed E-state index contributed by atoms with van der Waals surface area (Å²) in [6.45, 7) is 1.05. The van der Waals surface area contributed by atoms with E-state index in [-0.39, 0.29) is 17.0 Å². The Morgan fingerprint density at radius 2 is 1.74 bits per heavy atom. The second-order valence-corrected chi connectivity index (χ2v) is 10.3. The Labute approximate surface area is 230 Å². The fourth-order valence-corrected chi connectivity index (χ4v) is 5.06. The molecule has 1 saturated heterocycles. The molecule has 5 rings (SSSR count). The smallest absolute Gasteiger partial charge is 0.194 e. The summed E-state index contributed by atoms with van der Waals surface area (Å²) in [6, 6.07) is 2.17. The van der Waals surface area contributed by atoms with Crippen LogP contribution in [0.2, 0.25) is 0 Å². The minimum Gasteiger partial charge on any atom is -0.394 e. The number of ether oxygens (including phenoxy) is 1. The van der Waals surface area contributed by atoms with Gasteiger partial charge in [0.2, 0.25) is 0 Å². The Morgan fingerprint density at radius 3 is 2.42 bits per heavy atom. The van der Waals surface area contributed by atoms with Gasteiger partial charge in [0, 0.05) is 22.4 Å². The van der Waals surface area contributed by atoms with E-state index >= 15 is 0 Å². The summed E-state index contributed by atoms with van der Waals surface area (Å²) >= 11 is 6.74. The minimum atomic E-state index is -1.60. The van der Waals surface area contributed by atoms with Crippen LogP contribution in [0, 0.1) is 24.4 Å². The van der Waals surface area contributed by atoms with Crippen molar-refractivity contribution in [1.29, 1.82) is 0 Å². The van der Waals surface area contributed by atoms with E-state index in [4.69, 9.17) is 4.74 Å². The molecule has 10 nitrogen and oxygen atoms in total. The van der Waals surface area contributed by atoms with Crippen LogP contribution in [-0.4, -0.2) is 69.8 Å². The van der Waals surface area contributed by atoms with Gasteiger partial charge < -0.3 is 20.1 Å². The van der Waals surface area contributed by atoms with Crippen molar-refractivity contribution < 1.29 is 33.2 Å². The highest BCUT2D eigenvalue weighted by Crippen LogP contribution is 2.39. The third-order valence-corrected chi connectivity index (χ3v) is 7.17. The summed E-state index contributed by atoms with van der Waals surface area (Å²) in [5.41, 5.74) is 0.686. The molecule has 3 aromatic heterocycles. The molecular formula is C23H19Br2F3N6O4. The molecule has 0 spiro atoms. The third-order valence-electron chi connectivity index (χ3n) is 6.12. The SMILES string of the molecule is Cc1nc([C@@H]2OC(CO)[C@H](O)[C@H](n3cc(-c4cc(F)c(F)c(F)c4)cn3)C2O)n(-c2cc(Br)cnc2Br)n1. The molecule has 1 aliphatic rings. The van der Waals surface area contributed by atoms with Crippen molar-refractivity contribution in [2.45, 2.75) is 37.4 Å². The first-order valence-corrected chi connectivity index (χ1v) is 12.7. The first kappa shape index (κ1) is 26.9. The molecule has 1 fully saturated rings. The zero-order valence-corrected chi connectivity index (χ0v) is 22.6. The summed E-state index contributed by atoms with van der Waals surface area (Å²) in [7, 11) is 0. The second kappa shape index (κ2) is 10.5. The van der Waals surface area contributed by atoms with Crippen molar-refractivity contribution in [2.24, 2.45) is 0 Å². The number of aromatic nitrogens is 6. The fourth-order valence-electron chi connectivity index (χ4n) is 4.35. The van der Waals surface area contributed by atoms with Gasteiger partial charge >= 0.3 is 0 Å². The number of nitrogens with zero attached hydrogens (tertiary/aromatic N) is 6. The largest absolute Gasteiger partial charge is 0.394 e. The van der Waals surface area contributed by atoms with Crippen LogP contribution in [0.3, 0.4) is 0 Å². The van der Waals surface area contributed by atoms with E-state index in [1.54, 1.807) is 19.2 Å². The molecule has 2 unspecified atom stereocenters. The Kier molecular flexibility index (Phi) is 7.41. The van der Waals surface area contributed by atoms with Crippen molar-refractivity contribution in [3.8, 4) is 16.8 Å². The maximum absolute atomic E-state index is 13.8. The number of benzene rings is 1. The molecule has 0 saturated carbocycles. The maximum Gasteiger partial charge on any atom is 0.194 e. The van der Waals surface area contributed by atoms with Crippen molar-refractivity contribution in [3.63, 3.8) is 0 Å².